The number of rotatable bonds is 66. The normalized spacial score (nSPS) is 12.4. The second kappa shape index (κ2) is 69.6. The van der Waals surface area contributed by atoms with E-state index in [2.05, 4.69) is 81.5 Å². The molecule has 472 valence electrons. The molecule has 0 fully saturated rings. The third-order valence-electron chi connectivity index (χ3n) is 16.0. The van der Waals surface area contributed by atoms with Crippen LogP contribution in [0.15, 0.2) is 60.8 Å². The Morgan fingerprint density at radius 1 is 0.259 bits per heavy atom. The van der Waals surface area contributed by atoms with E-state index < -0.39 is 6.10 Å². The number of allylic oxidation sites excluding steroid dienone is 10. The van der Waals surface area contributed by atoms with Crippen LogP contribution in [0.5, 0.6) is 0 Å². The van der Waals surface area contributed by atoms with E-state index >= 15 is 0 Å². The number of esters is 3. The first kappa shape index (κ1) is 78.1. The Labute approximate surface area is 504 Å². The van der Waals surface area contributed by atoms with Gasteiger partial charge in [-0.1, -0.05) is 338 Å². The van der Waals surface area contributed by atoms with E-state index in [0.29, 0.717) is 19.3 Å². The van der Waals surface area contributed by atoms with Gasteiger partial charge in [0, 0.05) is 19.3 Å². The molecule has 0 spiro atoms. The summed E-state index contributed by atoms with van der Waals surface area (Å²) in [7, 11) is 0. The first-order valence-corrected chi connectivity index (χ1v) is 35.8. The average molecular weight is 1130 g/mol. The number of hydrogen-bond acceptors (Lipinski definition) is 6. The summed E-state index contributed by atoms with van der Waals surface area (Å²) in [4.78, 5) is 38.5. The van der Waals surface area contributed by atoms with Crippen molar-refractivity contribution in [2.24, 2.45) is 0 Å². The zero-order valence-electron chi connectivity index (χ0n) is 54.3. The number of unbranched alkanes of at least 4 members (excludes halogenated alkanes) is 45. The quantitative estimate of drug-likeness (QED) is 0.0261. The van der Waals surface area contributed by atoms with Gasteiger partial charge in [-0.2, -0.15) is 0 Å². The molecule has 1 unspecified atom stereocenters. The standard InChI is InChI=1S/C75H136O6/c1-4-7-10-13-16-19-22-25-28-30-32-34-36-37-38-40-41-43-45-47-50-53-56-59-62-65-68-74(77)80-71-72(70-79-73(76)67-64-61-58-55-52-49-27-24-21-18-15-12-9-6-3)81-75(78)69-66-63-60-57-54-51-48-46-44-42-39-35-33-31-29-26-23-20-17-14-11-8-5-2/h8,11,17,20,24,26-27,29,33,35,72H,4-7,9-10,12-16,18-19,21-23,25,28,30-32,34,36-71H2,1-3H3/b11-8-,20-17-,27-24-,29-26-,35-33-. The molecule has 0 bridgehead atoms. The minimum absolute atomic E-state index is 0.0743. The Balaban J connectivity index is 4.26. The summed E-state index contributed by atoms with van der Waals surface area (Å²) in [5.41, 5.74) is 0. The molecule has 0 aromatic carbocycles. The zero-order chi connectivity index (χ0) is 58.5. The molecule has 0 aromatic heterocycles. The maximum absolute atomic E-state index is 13.0. The monoisotopic (exact) mass is 1130 g/mol. The van der Waals surface area contributed by atoms with Gasteiger partial charge in [0.1, 0.15) is 13.2 Å². The molecule has 6 nitrogen and oxygen atoms in total. The number of hydrogen-bond donors (Lipinski definition) is 0. The van der Waals surface area contributed by atoms with Crippen LogP contribution in [0.1, 0.15) is 380 Å². The number of ether oxygens (including phenoxy) is 3. The van der Waals surface area contributed by atoms with E-state index in [4.69, 9.17) is 14.2 Å². The van der Waals surface area contributed by atoms with Crippen LogP contribution in [-0.2, 0) is 28.6 Å². The van der Waals surface area contributed by atoms with Crippen LogP contribution in [0, 0.1) is 0 Å². The number of carbonyl (C=O) groups is 3. The van der Waals surface area contributed by atoms with Crippen molar-refractivity contribution in [1.82, 2.24) is 0 Å². The second-order valence-electron chi connectivity index (χ2n) is 24.1. The highest BCUT2D eigenvalue weighted by molar-refractivity contribution is 5.71. The van der Waals surface area contributed by atoms with Gasteiger partial charge in [0.15, 0.2) is 6.10 Å². The lowest BCUT2D eigenvalue weighted by Crippen LogP contribution is -2.30. The predicted molar refractivity (Wildman–Crippen MR) is 353 cm³/mol. The molecule has 0 heterocycles. The highest BCUT2D eigenvalue weighted by atomic mass is 16.6. The molecule has 0 saturated heterocycles. The van der Waals surface area contributed by atoms with Crippen molar-refractivity contribution in [3.8, 4) is 0 Å². The van der Waals surface area contributed by atoms with Crippen molar-refractivity contribution in [3.05, 3.63) is 60.8 Å². The lowest BCUT2D eigenvalue weighted by molar-refractivity contribution is -0.167. The van der Waals surface area contributed by atoms with Crippen LogP contribution in [0.25, 0.3) is 0 Å². The summed E-state index contributed by atoms with van der Waals surface area (Å²) in [6.07, 6.45) is 89.7. The van der Waals surface area contributed by atoms with Gasteiger partial charge in [0.05, 0.1) is 0 Å². The smallest absolute Gasteiger partial charge is 0.306 e. The molecule has 1 atom stereocenters. The van der Waals surface area contributed by atoms with Gasteiger partial charge in [-0.05, 0) is 83.5 Å². The summed E-state index contributed by atoms with van der Waals surface area (Å²) < 4.78 is 17.0. The van der Waals surface area contributed by atoms with Gasteiger partial charge in [-0.3, -0.25) is 14.4 Å². The van der Waals surface area contributed by atoms with Crippen LogP contribution in [0.2, 0.25) is 0 Å². The molecule has 0 aliphatic carbocycles. The molecular formula is C75H136O6. The third kappa shape index (κ3) is 67.8. The lowest BCUT2D eigenvalue weighted by atomic mass is 10.0. The van der Waals surface area contributed by atoms with E-state index in [1.807, 2.05) is 0 Å². The Morgan fingerprint density at radius 2 is 0.481 bits per heavy atom. The summed E-state index contributed by atoms with van der Waals surface area (Å²) in [5.74, 6) is -0.863. The fourth-order valence-corrected chi connectivity index (χ4v) is 10.7. The molecule has 0 aliphatic heterocycles. The van der Waals surface area contributed by atoms with Gasteiger partial charge in [0.25, 0.3) is 0 Å². The van der Waals surface area contributed by atoms with Crippen molar-refractivity contribution < 1.29 is 28.6 Å². The molecular weight excluding hydrogens is 997 g/mol. The van der Waals surface area contributed by atoms with Gasteiger partial charge in [0.2, 0.25) is 0 Å². The first-order chi connectivity index (χ1) is 40.0. The predicted octanol–water partition coefficient (Wildman–Crippen LogP) is 24.7. The van der Waals surface area contributed by atoms with E-state index in [-0.39, 0.29) is 31.1 Å². The van der Waals surface area contributed by atoms with Gasteiger partial charge in [-0.25, -0.2) is 0 Å². The van der Waals surface area contributed by atoms with E-state index in [0.717, 1.165) is 89.9 Å². The largest absolute Gasteiger partial charge is 0.462 e. The van der Waals surface area contributed by atoms with Crippen molar-refractivity contribution >= 4 is 17.9 Å². The zero-order valence-corrected chi connectivity index (χ0v) is 54.3. The Bertz CT molecular complexity index is 1440. The first-order valence-electron chi connectivity index (χ1n) is 35.8. The minimum atomic E-state index is -0.780. The highest BCUT2D eigenvalue weighted by Crippen LogP contribution is 2.18. The molecule has 0 radical (unpaired) electrons. The van der Waals surface area contributed by atoms with Crippen LogP contribution in [0.4, 0.5) is 0 Å². The summed E-state index contributed by atoms with van der Waals surface area (Å²) in [6.45, 7) is 6.57. The van der Waals surface area contributed by atoms with Crippen molar-refractivity contribution in [3.63, 3.8) is 0 Å². The number of carbonyl (C=O) groups excluding carboxylic acids is 3. The molecule has 0 rings (SSSR count). The minimum Gasteiger partial charge on any atom is -0.462 e. The maximum atomic E-state index is 13.0. The fraction of sp³-hybridized carbons (Fsp3) is 0.827. The topological polar surface area (TPSA) is 78.9 Å². The molecule has 0 aromatic rings. The molecule has 0 saturated carbocycles. The van der Waals surface area contributed by atoms with Crippen molar-refractivity contribution in [2.75, 3.05) is 13.2 Å². The highest BCUT2D eigenvalue weighted by Gasteiger charge is 2.19. The molecule has 81 heavy (non-hydrogen) atoms. The Morgan fingerprint density at radius 3 is 0.765 bits per heavy atom. The molecule has 0 aliphatic rings. The third-order valence-corrected chi connectivity index (χ3v) is 16.0. The summed E-state index contributed by atoms with van der Waals surface area (Å²) in [6, 6.07) is 0. The molecule has 0 N–H and O–H groups in total. The van der Waals surface area contributed by atoms with E-state index in [9.17, 15) is 14.4 Å². The SMILES string of the molecule is CC/C=C\C/C=C\C/C=C\C/C=C\CCCCCCCCCCCCC(=O)OC(COC(=O)CCCCCCC/C=C\CCCCCCC)COC(=O)CCCCCCCCCCCCCCCCCCCCCCCCCCCC. The van der Waals surface area contributed by atoms with Crippen LogP contribution >= 0.6 is 0 Å². The van der Waals surface area contributed by atoms with Gasteiger partial charge in [-0.15, -0.1) is 0 Å². The van der Waals surface area contributed by atoms with E-state index in [1.165, 1.54) is 250 Å². The van der Waals surface area contributed by atoms with E-state index in [1.54, 1.807) is 0 Å². The van der Waals surface area contributed by atoms with Crippen LogP contribution in [0.3, 0.4) is 0 Å². The van der Waals surface area contributed by atoms with Crippen molar-refractivity contribution in [2.45, 2.75) is 386 Å². The lowest BCUT2D eigenvalue weighted by Gasteiger charge is -2.18. The van der Waals surface area contributed by atoms with Gasteiger partial charge >= 0.3 is 17.9 Å². The van der Waals surface area contributed by atoms with Crippen LogP contribution in [-0.4, -0.2) is 37.2 Å². The summed E-state index contributed by atoms with van der Waals surface area (Å²) in [5, 5.41) is 0. The van der Waals surface area contributed by atoms with Crippen molar-refractivity contribution in [1.29, 1.82) is 0 Å². The Kier molecular flexibility index (Phi) is 67.1. The maximum Gasteiger partial charge on any atom is 0.306 e. The second-order valence-corrected chi connectivity index (χ2v) is 24.1. The fourth-order valence-electron chi connectivity index (χ4n) is 10.7. The molecule has 6 heteroatoms. The molecule has 0 amide bonds. The average Bonchev–Trinajstić information content (AvgIpc) is 3.47. The Hall–Kier alpha value is -2.89. The van der Waals surface area contributed by atoms with Gasteiger partial charge < -0.3 is 14.2 Å². The summed E-state index contributed by atoms with van der Waals surface area (Å²) >= 11 is 0. The van der Waals surface area contributed by atoms with Crippen LogP contribution < -0.4 is 0 Å².